The largest absolute Gasteiger partial charge is 0.507 e. The molecule has 2 aliphatic carbocycles. The topological polar surface area (TPSA) is 231 Å². The van der Waals surface area contributed by atoms with Crippen molar-refractivity contribution in [2.24, 2.45) is 5.92 Å². The highest BCUT2D eigenvalue weighted by Gasteiger charge is 2.50. The zero-order valence-electron chi connectivity index (χ0n) is 32.7. The number of ether oxygens (including phenoxy) is 3. The maximum absolute atomic E-state index is 14.0. The number of nitrogens with one attached hydrogen (secondary N) is 2. The Hall–Kier alpha value is -5.71. The number of pyridine rings is 1. The SMILES string of the molecule is COc1cccc2c1C(=O)c1c(O)c3c(c(O)c1C2=O)C[C@@](O)(C(C)=O)C[C@@H]3O[C@H]1C[C@H](NC(=O)[C@@H]2CCCN2C(=O)[C@@H](C)NC(=O)c2ccncc2)[C@H](C)[C@H](C)O1. The normalized spacial score (nSPS) is 26.8. The summed E-state index contributed by atoms with van der Waals surface area (Å²) in [6.07, 6.45) is 0.205. The second-order valence-corrected chi connectivity index (χ2v) is 15.6. The molecule has 0 spiro atoms. The fraction of sp³-hybridized carbons (Fsp3) is 0.452. The fourth-order valence-corrected chi connectivity index (χ4v) is 8.61. The second kappa shape index (κ2) is 15.6. The molecule has 58 heavy (non-hydrogen) atoms. The minimum Gasteiger partial charge on any atom is -0.507 e. The van der Waals surface area contributed by atoms with Crippen molar-refractivity contribution in [1.29, 1.82) is 0 Å². The molecule has 3 amide bonds. The zero-order valence-corrected chi connectivity index (χ0v) is 32.7. The number of likely N-dealkylation sites (tertiary alicyclic amines) is 1. The molecule has 1 aromatic heterocycles. The minimum atomic E-state index is -2.09. The lowest BCUT2D eigenvalue weighted by molar-refractivity contribution is -0.238. The second-order valence-electron chi connectivity index (χ2n) is 15.6. The van der Waals surface area contributed by atoms with E-state index in [1.54, 1.807) is 13.8 Å². The summed E-state index contributed by atoms with van der Waals surface area (Å²) in [5.74, 6) is -4.89. The summed E-state index contributed by atoms with van der Waals surface area (Å²) in [4.78, 5) is 86.3. The van der Waals surface area contributed by atoms with Gasteiger partial charge in [0.1, 0.15) is 34.9 Å². The molecule has 4 aliphatic rings. The molecule has 0 radical (unpaired) electrons. The Labute approximate surface area is 333 Å². The van der Waals surface area contributed by atoms with E-state index >= 15 is 0 Å². The van der Waals surface area contributed by atoms with E-state index in [0.717, 1.165) is 0 Å². The summed E-state index contributed by atoms with van der Waals surface area (Å²) >= 11 is 0. The number of fused-ring (bicyclic) bond motifs is 3. The van der Waals surface area contributed by atoms with Gasteiger partial charge in [-0.3, -0.25) is 33.8 Å². The fourth-order valence-electron chi connectivity index (χ4n) is 8.61. The average molecular weight is 799 g/mol. The van der Waals surface area contributed by atoms with Gasteiger partial charge in [-0.1, -0.05) is 19.1 Å². The number of phenolic OH excluding ortho intramolecular Hbond substituents is 2. The highest BCUT2D eigenvalue weighted by atomic mass is 16.7. The van der Waals surface area contributed by atoms with Gasteiger partial charge in [-0.25, -0.2) is 0 Å². The Kier molecular flexibility index (Phi) is 10.9. The van der Waals surface area contributed by atoms with Gasteiger partial charge < -0.3 is 45.1 Å². The number of amides is 3. The summed E-state index contributed by atoms with van der Waals surface area (Å²) in [6.45, 7) is 6.73. The van der Waals surface area contributed by atoms with Crippen molar-refractivity contribution in [1.82, 2.24) is 20.5 Å². The average Bonchev–Trinajstić information content (AvgIpc) is 3.70. The van der Waals surface area contributed by atoms with Crippen molar-refractivity contribution in [3.8, 4) is 17.2 Å². The van der Waals surface area contributed by atoms with Crippen molar-refractivity contribution >= 4 is 35.1 Å². The van der Waals surface area contributed by atoms with E-state index in [0.29, 0.717) is 24.9 Å². The van der Waals surface area contributed by atoms with Crippen molar-refractivity contribution in [2.45, 2.75) is 102 Å². The lowest BCUT2D eigenvalue weighted by Crippen LogP contribution is -2.57. The number of ketones is 3. The monoisotopic (exact) mass is 798 g/mol. The van der Waals surface area contributed by atoms with Crippen molar-refractivity contribution in [3.63, 3.8) is 0 Å². The molecule has 16 heteroatoms. The van der Waals surface area contributed by atoms with Crippen LogP contribution in [0.2, 0.25) is 0 Å². The van der Waals surface area contributed by atoms with Gasteiger partial charge in [0.05, 0.1) is 36.0 Å². The summed E-state index contributed by atoms with van der Waals surface area (Å²) in [5.41, 5.74) is -3.01. The van der Waals surface area contributed by atoms with Crippen molar-refractivity contribution in [2.75, 3.05) is 13.7 Å². The Morgan fingerprint density at radius 3 is 2.41 bits per heavy atom. The number of benzene rings is 2. The van der Waals surface area contributed by atoms with Gasteiger partial charge in [-0.2, -0.15) is 0 Å². The zero-order chi connectivity index (χ0) is 41.8. The van der Waals surface area contributed by atoms with Crippen LogP contribution in [0.3, 0.4) is 0 Å². The van der Waals surface area contributed by atoms with Crippen molar-refractivity contribution < 1.29 is 58.3 Å². The number of carbonyl (C=O) groups is 6. The lowest BCUT2D eigenvalue weighted by Gasteiger charge is -2.43. The maximum Gasteiger partial charge on any atom is 0.252 e. The summed E-state index contributed by atoms with van der Waals surface area (Å²) in [6, 6.07) is 5.21. The summed E-state index contributed by atoms with van der Waals surface area (Å²) in [5, 5.41) is 40.9. The van der Waals surface area contributed by atoms with E-state index in [1.807, 2.05) is 6.92 Å². The van der Waals surface area contributed by atoms with Gasteiger partial charge in [0.25, 0.3) is 5.91 Å². The molecule has 0 bridgehead atoms. The number of methoxy groups -OCH3 is 1. The first-order chi connectivity index (χ1) is 27.6. The van der Waals surface area contributed by atoms with Crippen LogP contribution in [0.1, 0.15) is 113 Å². The Balaban J connectivity index is 1.13. The molecule has 2 saturated heterocycles. The molecule has 7 rings (SSSR count). The summed E-state index contributed by atoms with van der Waals surface area (Å²) in [7, 11) is 1.33. The standard InChI is InChI=1S/C42H46N4O12/c1-19-21(3)57-30(16-26(19)45-40(53)27-9-7-15-46(27)41(54)20(2)44-39(52)23-11-13-43-14-12-23)58-29-18-42(55,22(4)47)17-25-32(29)38(51)34-33(36(25)49)35(48)24-8-6-10-28(56-5)31(24)37(34)50/h6,8,10-14,19-21,26-27,29-30,49,51,55H,7,9,15-18H2,1-5H3,(H,44,52)(H,45,53)/t19-,20-,21+,26+,27+,29+,30+,42+/m1/s1. The molecular weight excluding hydrogens is 752 g/mol. The molecule has 16 nitrogen and oxygen atoms in total. The van der Waals surface area contributed by atoms with Crippen LogP contribution < -0.4 is 15.4 Å². The van der Waals surface area contributed by atoms with Crippen LogP contribution in [0, 0.1) is 5.92 Å². The van der Waals surface area contributed by atoms with Crippen molar-refractivity contribution in [3.05, 3.63) is 81.7 Å². The predicted octanol–water partition coefficient (Wildman–Crippen LogP) is 2.67. The van der Waals surface area contributed by atoms with Crippen LogP contribution in [-0.4, -0.2) is 110 Å². The van der Waals surface area contributed by atoms with E-state index in [9.17, 15) is 44.1 Å². The summed E-state index contributed by atoms with van der Waals surface area (Å²) < 4.78 is 18.0. The number of aliphatic hydroxyl groups is 1. The molecule has 0 unspecified atom stereocenters. The molecule has 2 aromatic carbocycles. The number of hydrogen-bond donors (Lipinski definition) is 5. The molecule has 2 fully saturated rings. The van der Waals surface area contributed by atoms with Crippen LogP contribution in [-0.2, 0) is 30.3 Å². The Morgan fingerprint density at radius 1 is 1.02 bits per heavy atom. The number of rotatable bonds is 9. The number of nitrogens with zero attached hydrogens (tertiary/aromatic N) is 2. The van der Waals surface area contributed by atoms with Gasteiger partial charge in [0, 0.05) is 72.4 Å². The number of hydrogen-bond acceptors (Lipinski definition) is 13. The van der Waals surface area contributed by atoms with Gasteiger partial charge >= 0.3 is 0 Å². The van der Waals surface area contributed by atoms with Crippen LogP contribution >= 0.6 is 0 Å². The molecule has 8 atom stereocenters. The maximum atomic E-state index is 14.0. The Bertz CT molecular complexity index is 2210. The number of Topliss-reactive ketones (excluding diaryl/α,β-unsaturated/α-hetero) is 1. The van der Waals surface area contributed by atoms with Crippen LogP contribution in [0.25, 0.3) is 0 Å². The molecule has 306 valence electrons. The van der Waals surface area contributed by atoms with E-state index in [1.165, 1.54) is 61.7 Å². The van der Waals surface area contributed by atoms with Crippen LogP contribution in [0.15, 0.2) is 42.7 Å². The third kappa shape index (κ3) is 6.98. The van der Waals surface area contributed by atoms with E-state index in [-0.39, 0.29) is 46.8 Å². The number of aromatic nitrogens is 1. The van der Waals surface area contributed by atoms with Gasteiger partial charge in [-0.05, 0) is 51.8 Å². The van der Waals surface area contributed by atoms with Crippen LogP contribution in [0.5, 0.6) is 17.2 Å². The Morgan fingerprint density at radius 2 is 1.72 bits per heavy atom. The van der Waals surface area contributed by atoms with Gasteiger partial charge in [-0.15, -0.1) is 0 Å². The molecule has 3 aromatic rings. The first-order valence-corrected chi connectivity index (χ1v) is 19.3. The van der Waals surface area contributed by atoms with Crippen LogP contribution in [0.4, 0.5) is 0 Å². The van der Waals surface area contributed by atoms with E-state index < -0.39 is 106 Å². The van der Waals surface area contributed by atoms with Gasteiger partial charge in [0.2, 0.25) is 17.6 Å². The third-order valence-corrected chi connectivity index (χ3v) is 12.1. The first kappa shape index (κ1) is 40.5. The highest BCUT2D eigenvalue weighted by Crippen LogP contribution is 2.52. The molecule has 5 N–H and O–H groups in total. The molecule has 3 heterocycles. The third-order valence-electron chi connectivity index (χ3n) is 12.1. The number of phenols is 2. The minimum absolute atomic E-state index is 0.0453. The van der Waals surface area contributed by atoms with Gasteiger partial charge in [0.15, 0.2) is 17.9 Å². The van der Waals surface area contributed by atoms with E-state index in [4.69, 9.17) is 14.2 Å². The predicted molar refractivity (Wildman–Crippen MR) is 203 cm³/mol. The smallest absolute Gasteiger partial charge is 0.252 e. The molecular formula is C42H46N4O12. The number of carbonyl (C=O) groups excluding carboxylic acids is 6. The first-order valence-electron chi connectivity index (χ1n) is 19.3. The molecule has 0 saturated carbocycles. The lowest BCUT2D eigenvalue weighted by atomic mass is 9.72. The highest BCUT2D eigenvalue weighted by molar-refractivity contribution is 6.31. The van der Waals surface area contributed by atoms with E-state index in [2.05, 4.69) is 15.6 Å². The quantitative estimate of drug-likeness (QED) is 0.154. The molecule has 2 aliphatic heterocycles. The number of aromatic hydroxyl groups is 2.